The van der Waals surface area contributed by atoms with Gasteiger partial charge in [0.2, 0.25) is 0 Å². The van der Waals surface area contributed by atoms with E-state index in [-0.39, 0.29) is 18.0 Å². The lowest BCUT2D eigenvalue weighted by Gasteiger charge is -2.35. The fourth-order valence-electron chi connectivity index (χ4n) is 3.94. The summed E-state index contributed by atoms with van der Waals surface area (Å²) >= 11 is 0. The number of amides is 1. The molecule has 1 amide bonds. The molecule has 3 atom stereocenters. The van der Waals surface area contributed by atoms with E-state index in [1.807, 2.05) is 19.1 Å². The quantitative estimate of drug-likeness (QED) is 0.720. The zero-order valence-electron chi connectivity index (χ0n) is 14.0. The molecule has 2 aliphatic rings. The van der Waals surface area contributed by atoms with Crippen LogP contribution in [0.3, 0.4) is 0 Å². The molecule has 128 valence electrons. The molecule has 1 heterocycles. The summed E-state index contributed by atoms with van der Waals surface area (Å²) in [6.07, 6.45) is 4.51. The average molecular weight is 328 g/mol. The minimum Gasteiger partial charge on any atom is -0.465 e. The maximum atomic E-state index is 11.5. The molecule has 6 heteroatoms. The lowest BCUT2D eigenvalue weighted by Crippen LogP contribution is -2.41. The van der Waals surface area contributed by atoms with E-state index < -0.39 is 6.09 Å². The van der Waals surface area contributed by atoms with Crippen molar-refractivity contribution in [3.8, 4) is 6.07 Å². The van der Waals surface area contributed by atoms with Crippen molar-refractivity contribution in [1.29, 1.82) is 5.26 Å². The van der Waals surface area contributed by atoms with Crippen LogP contribution in [0, 0.1) is 17.2 Å². The van der Waals surface area contributed by atoms with Crippen molar-refractivity contribution < 1.29 is 9.90 Å². The van der Waals surface area contributed by atoms with Gasteiger partial charge in [0.1, 0.15) is 0 Å². The predicted octanol–water partition coefficient (Wildman–Crippen LogP) is 3.58. The van der Waals surface area contributed by atoms with Crippen LogP contribution in [0.5, 0.6) is 0 Å². The smallest absolute Gasteiger partial charge is 0.412 e. The first kappa shape index (κ1) is 16.4. The van der Waals surface area contributed by atoms with Crippen LogP contribution in [0.1, 0.15) is 44.6 Å². The Kier molecular flexibility index (Phi) is 4.52. The maximum Gasteiger partial charge on any atom is 0.412 e. The maximum absolute atomic E-state index is 11.5. The van der Waals surface area contributed by atoms with Crippen LogP contribution in [0.2, 0.25) is 0 Å². The van der Waals surface area contributed by atoms with Crippen LogP contribution in [0.25, 0.3) is 0 Å². The van der Waals surface area contributed by atoms with Crippen LogP contribution in [-0.2, 0) is 6.42 Å². The molecule has 1 aromatic carbocycles. The first-order valence-electron chi connectivity index (χ1n) is 8.61. The second-order valence-corrected chi connectivity index (χ2v) is 6.90. The van der Waals surface area contributed by atoms with Gasteiger partial charge in [-0.1, -0.05) is 6.42 Å². The molecule has 0 saturated heterocycles. The molecule has 1 aliphatic carbocycles. The summed E-state index contributed by atoms with van der Waals surface area (Å²) in [4.78, 5) is 13.0. The molecule has 0 spiro atoms. The minimum atomic E-state index is -0.937. The van der Waals surface area contributed by atoms with Crippen molar-refractivity contribution in [2.45, 2.75) is 57.5 Å². The highest BCUT2D eigenvalue weighted by Gasteiger charge is 2.30. The molecular formula is C18H24N4O2. The van der Waals surface area contributed by atoms with Crippen molar-refractivity contribution in [2.24, 2.45) is 5.92 Å². The summed E-state index contributed by atoms with van der Waals surface area (Å²) < 4.78 is 0. The van der Waals surface area contributed by atoms with E-state index in [0.29, 0.717) is 11.4 Å². The van der Waals surface area contributed by atoms with Crippen molar-refractivity contribution in [3.05, 3.63) is 17.7 Å². The van der Waals surface area contributed by atoms with E-state index in [1.54, 1.807) is 0 Å². The van der Waals surface area contributed by atoms with Crippen LogP contribution in [-0.4, -0.2) is 23.3 Å². The molecule has 0 bridgehead atoms. The Balaban J connectivity index is 1.85. The summed E-state index contributed by atoms with van der Waals surface area (Å²) in [6, 6.07) is 6.30. The number of nitrogens with two attached hydrogens (primary N) is 1. The highest BCUT2D eigenvalue weighted by molar-refractivity contribution is 5.92. The zero-order chi connectivity index (χ0) is 17.3. The zero-order valence-corrected chi connectivity index (χ0v) is 14.0. The molecule has 3 unspecified atom stereocenters. The average Bonchev–Trinajstić information content (AvgIpc) is 2.57. The number of carboxylic acid groups (broad SMARTS) is 1. The number of rotatable bonds is 2. The van der Waals surface area contributed by atoms with E-state index in [0.717, 1.165) is 49.8 Å². The Morgan fingerprint density at radius 1 is 1.42 bits per heavy atom. The summed E-state index contributed by atoms with van der Waals surface area (Å²) in [7, 11) is 0. The van der Waals surface area contributed by atoms with Crippen LogP contribution in [0.15, 0.2) is 12.1 Å². The molecule has 6 nitrogen and oxygen atoms in total. The number of nitrogens with one attached hydrogen (secondary N) is 1. The van der Waals surface area contributed by atoms with Crippen molar-refractivity contribution in [3.63, 3.8) is 0 Å². The molecular weight excluding hydrogens is 304 g/mol. The van der Waals surface area contributed by atoms with E-state index >= 15 is 0 Å². The molecule has 1 aromatic rings. The molecule has 1 fully saturated rings. The Bertz CT molecular complexity index is 682. The molecule has 1 aliphatic heterocycles. The molecule has 4 N–H and O–H groups in total. The van der Waals surface area contributed by atoms with Gasteiger partial charge in [-0.05, 0) is 51.2 Å². The number of nitrogen functional groups attached to an aromatic ring is 1. The largest absolute Gasteiger partial charge is 0.465 e. The molecule has 3 rings (SSSR count). The Hall–Kier alpha value is -2.42. The van der Waals surface area contributed by atoms with Crippen molar-refractivity contribution in [2.75, 3.05) is 16.0 Å². The Labute approximate surface area is 142 Å². The monoisotopic (exact) mass is 328 g/mol. The van der Waals surface area contributed by atoms with Gasteiger partial charge in [-0.3, -0.25) is 4.90 Å². The third kappa shape index (κ3) is 2.99. The predicted molar refractivity (Wildman–Crippen MR) is 94.1 cm³/mol. The number of hydrogen-bond donors (Lipinski definition) is 3. The second-order valence-electron chi connectivity index (χ2n) is 6.90. The fraction of sp³-hybridized carbons (Fsp3) is 0.556. The number of carbonyl (C=O) groups is 1. The highest BCUT2D eigenvalue weighted by Crippen LogP contribution is 2.39. The third-order valence-corrected chi connectivity index (χ3v) is 5.27. The number of nitrogens with zero attached hydrogens (tertiary/aromatic N) is 2. The Morgan fingerprint density at radius 3 is 2.92 bits per heavy atom. The summed E-state index contributed by atoms with van der Waals surface area (Å²) in [5.74, 6) is 0.110. The van der Waals surface area contributed by atoms with Gasteiger partial charge in [0.05, 0.1) is 23.1 Å². The van der Waals surface area contributed by atoms with Gasteiger partial charge in [0.25, 0.3) is 0 Å². The fourth-order valence-corrected chi connectivity index (χ4v) is 3.94. The number of hydrogen-bond acceptors (Lipinski definition) is 4. The van der Waals surface area contributed by atoms with Gasteiger partial charge >= 0.3 is 6.09 Å². The highest BCUT2D eigenvalue weighted by atomic mass is 16.4. The standard InChI is InChI=1S/C18H24N4O2/c1-11-5-6-14-16(22(11)18(23)24)8-7-15(17(14)20)21-13-4-2-3-12(9-13)10-19/h7-8,11-13,21H,2-6,9,20H2,1H3,(H,23,24). The SMILES string of the molecule is CC1CCc2c(ccc(NC3CCCC(C#N)C3)c2N)N1C(=O)O. The molecule has 0 radical (unpaired) electrons. The van der Waals surface area contributed by atoms with Gasteiger partial charge < -0.3 is 16.2 Å². The summed E-state index contributed by atoms with van der Waals surface area (Å²) in [5, 5.41) is 22.1. The van der Waals surface area contributed by atoms with E-state index in [2.05, 4.69) is 11.4 Å². The third-order valence-electron chi connectivity index (χ3n) is 5.27. The van der Waals surface area contributed by atoms with E-state index in [9.17, 15) is 9.90 Å². The van der Waals surface area contributed by atoms with E-state index in [4.69, 9.17) is 11.0 Å². The first-order valence-corrected chi connectivity index (χ1v) is 8.61. The molecule has 24 heavy (non-hydrogen) atoms. The van der Waals surface area contributed by atoms with Crippen LogP contribution in [0.4, 0.5) is 21.9 Å². The van der Waals surface area contributed by atoms with Gasteiger partial charge in [-0.15, -0.1) is 0 Å². The minimum absolute atomic E-state index is 0.0389. The number of nitriles is 1. The second kappa shape index (κ2) is 6.60. The van der Waals surface area contributed by atoms with Gasteiger partial charge in [0.15, 0.2) is 0 Å². The van der Waals surface area contributed by atoms with E-state index in [1.165, 1.54) is 4.90 Å². The van der Waals surface area contributed by atoms with Crippen molar-refractivity contribution in [1.82, 2.24) is 0 Å². The summed E-state index contributed by atoms with van der Waals surface area (Å²) in [5.41, 5.74) is 9.46. The number of benzene rings is 1. The normalized spacial score (nSPS) is 26.3. The lowest BCUT2D eigenvalue weighted by molar-refractivity contribution is 0.198. The van der Waals surface area contributed by atoms with Crippen LogP contribution < -0.4 is 16.0 Å². The van der Waals surface area contributed by atoms with Gasteiger partial charge in [-0.2, -0.15) is 5.26 Å². The van der Waals surface area contributed by atoms with Gasteiger partial charge in [0, 0.05) is 23.6 Å². The lowest BCUT2D eigenvalue weighted by atomic mass is 9.86. The molecule has 1 saturated carbocycles. The van der Waals surface area contributed by atoms with Crippen LogP contribution >= 0.6 is 0 Å². The molecule has 0 aromatic heterocycles. The Morgan fingerprint density at radius 2 is 2.21 bits per heavy atom. The first-order chi connectivity index (χ1) is 11.5. The van der Waals surface area contributed by atoms with Crippen molar-refractivity contribution >= 4 is 23.2 Å². The topological polar surface area (TPSA) is 102 Å². The number of anilines is 3. The summed E-state index contributed by atoms with van der Waals surface area (Å²) in [6.45, 7) is 1.92. The van der Waals surface area contributed by atoms with Gasteiger partial charge in [-0.25, -0.2) is 4.79 Å². The number of fused-ring (bicyclic) bond motifs is 1.